The summed E-state index contributed by atoms with van der Waals surface area (Å²) in [6, 6.07) is 0. The lowest BCUT2D eigenvalue weighted by Gasteiger charge is -2.18. The van der Waals surface area contributed by atoms with Gasteiger partial charge in [-0.05, 0) is 32.1 Å². The number of rotatable bonds is 6. The van der Waals surface area contributed by atoms with Crippen LogP contribution in [0.5, 0.6) is 0 Å². The van der Waals surface area contributed by atoms with Crippen molar-refractivity contribution in [3.05, 3.63) is 0 Å². The van der Waals surface area contributed by atoms with Gasteiger partial charge < -0.3 is 9.47 Å². The first-order chi connectivity index (χ1) is 5.95. The molecule has 0 spiro atoms. The first kappa shape index (κ1) is 12.9. The molecule has 0 aliphatic heterocycles. The Balaban J connectivity index is 3.25. The summed E-state index contributed by atoms with van der Waals surface area (Å²) in [5.74, 6) is 0. The molecule has 0 aromatic rings. The van der Waals surface area contributed by atoms with E-state index in [2.05, 4.69) is 20.8 Å². The monoisotopic (exact) mass is 188 g/mol. The van der Waals surface area contributed by atoms with Crippen LogP contribution >= 0.6 is 0 Å². The zero-order valence-corrected chi connectivity index (χ0v) is 9.72. The maximum Gasteiger partial charge on any atom is 0.154 e. The summed E-state index contributed by atoms with van der Waals surface area (Å²) in [7, 11) is 0. The fourth-order valence-corrected chi connectivity index (χ4v) is 1.13. The van der Waals surface area contributed by atoms with Gasteiger partial charge in [-0.25, -0.2) is 0 Å². The molecule has 80 valence electrons. The van der Waals surface area contributed by atoms with E-state index < -0.39 is 0 Å². The van der Waals surface area contributed by atoms with Crippen LogP contribution in [0.1, 0.15) is 47.5 Å². The van der Waals surface area contributed by atoms with Gasteiger partial charge in [0.15, 0.2) is 6.29 Å². The van der Waals surface area contributed by atoms with Crippen molar-refractivity contribution in [3.8, 4) is 0 Å². The fraction of sp³-hybridized carbons (Fsp3) is 1.00. The Hall–Kier alpha value is -0.0800. The Morgan fingerprint density at radius 2 is 1.77 bits per heavy atom. The molecule has 2 heteroatoms. The minimum absolute atomic E-state index is 0.0510. The topological polar surface area (TPSA) is 18.5 Å². The third-order valence-corrected chi connectivity index (χ3v) is 1.83. The third-order valence-electron chi connectivity index (χ3n) is 1.83. The van der Waals surface area contributed by atoms with Gasteiger partial charge in [-0.2, -0.15) is 0 Å². The Labute approximate surface area is 82.6 Å². The Bertz CT molecular complexity index is 116. The Morgan fingerprint density at radius 3 is 2.23 bits per heavy atom. The van der Waals surface area contributed by atoms with E-state index >= 15 is 0 Å². The highest BCUT2D eigenvalue weighted by atomic mass is 16.7. The highest BCUT2D eigenvalue weighted by Crippen LogP contribution is 2.20. The van der Waals surface area contributed by atoms with E-state index in [9.17, 15) is 0 Å². The minimum Gasteiger partial charge on any atom is -0.353 e. The third kappa shape index (κ3) is 9.84. The molecule has 0 radical (unpaired) electrons. The smallest absolute Gasteiger partial charge is 0.154 e. The van der Waals surface area contributed by atoms with Crippen LogP contribution in [0, 0.1) is 5.41 Å². The first-order valence-electron chi connectivity index (χ1n) is 5.19. The molecule has 1 atom stereocenters. The van der Waals surface area contributed by atoms with Crippen molar-refractivity contribution in [2.75, 3.05) is 13.2 Å². The highest BCUT2D eigenvalue weighted by molar-refractivity contribution is 4.60. The van der Waals surface area contributed by atoms with Gasteiger partial charge in [-0.3, -0.25) is 0 Å². The van der Waals surface area contributed by atoms with Gasteiger partial charge in [0.05, 0.1) is 0 Å². The number of hydrogen-bond acceptors (Lipinski definition) is 2. The fourth-order valence-electron chi connectivity index (χ4n) is 1.13. The zero-order chi connectivity index (χ0) is 10.3. The summed E-state index contributed by atoms with van der Waals surface area (Å²) in [4.78, 5) is 0. The molecular weight excluding hydrogens is 164 g/mol. The molecule has 0 aliphatic carbocycles. The first-order valence-corrected chi connectivity index (χ1v) is 5.19. The van der Waals surface area contributed by atoms with Crippen molar-refractivity contribution in [3.63, 3.8) is 0 Å². The molecule has 0 saturated carbocycles. The van der Waals surface area contributed by atoms with Crippen molar-refractivity contribution in [1.82, 2.24) is 0 Å². The van der Waals surface area contributed by atoms with Crippen LogP contribution in [0.25, 0.3) is 0 Å². The van der Waals surface area contributed by atoms with Gasteiger partial charge in [0.1, 0.15) is 0 Å². The average molecular weight is 188 g/mol. The van der Waals surface area contributed by atoms with E-state index in [1.807, 2.05) is 13.8 Å². The van der Waals surface area contributed by atoms with Gasteiger partial charge in [-0.15, -0.1) is 0 Å². The quantitative estimate of drug-likeness (QED) is 0.470. The van der Waals surface area contributed by atoms with Crippen LogP contribution in [0.2, 0.25) is 0 Å². The molecule has 1 unspecified atom stereocenters. The molecule has 0 aliphatic rings. The van der Waals surface area contributed by atoms with Crippen molar-refractivity contribution < 1.29 is 9.47 Å². The molecular formula is C11H24O2. The SMILES string of the molecule is CCOC(C)OCCCC(C)(C)C. The second-order valence-electron chi connectivity index (χ2n) is 4.56. The standard InChI is InChI=1S/C11H24O2/c1-6-12-10(2)13-9-7-8-11(3,4)5/h10H,6-9H2,1-5H3. The molecule has 0 aromatic carbocycles. The average Bonchev–Trinajstić information content (AvgIpc) is 1.97. The Kier molecular flexibility index (Phi) is 6.35. The maximum atomic E-state index is 5.46. The van der Waals surface area contributed by atoms with Crippen molar-refractivity contribution in [2.24, 2.45) is 5.41 Å². The van der Waals surface area contributed by atoms with E-state index in [4.69, 9.17) is 9.47 Å². The lowest BCUT2D eigenvalue weighted by Crippen LogP contribution is -2.14. The van der Waals surface area contributed by atoms with Crippen LogP contribution in [0.15, 0.2) is 0 Å². The van der Waals surface area contributed by atoms with Gasteiger partial charge >= 0.3 is 0 Å². The summed E-state index contributed by atoms with van der Waals surface area (Å²) in [5.41, 5.74) is 0.415. The molecule has 0 bridgehead atoms. The molecule has 0 heterocycles. The molecule has 0 N–H and O–H groups in total. The lowest BCUT2D eigenvalue weighted by atomic mass is 9.91. The van der Waals surface area contributed by atoms with Gasteiger partial charge in [0, 0.05) is 13.2 Å². The predicted molar refractivity (Wildman–Crippen MR) is 55.7 cm³/mol. The second-order valence-corrected chi connectivity index (χ2v) is 4.56. The summed E-state index contributed by atoms with van der Waals surface area (Å²) in [6.45, 7) is 12.2. The second kappa shape index (κ2) is 6.39. The Morgan fingerprint density at radius 1 is 1.15 bits per heavy atom. The van der Waals surface area contributed by atoms with Crippen molar-refractivity contribution >= 4 is 0 Å². The summed E-state index contributed by atoms with van der Waals surface area (Å²) >= 11 is 0. The molecule has 0 saturated heterocycles. The van der Waals surface area contributed by atoms with Crippen molar-refractivity contribution in [1.29, 1.82) is 0 Å². The maximum absolute atomic E-state index is 5.46. The predicted octanol–water partition coefficient (Wildman–Crippen LogP) is 3.21. The van der Waals surface area contributed by atoms with Crippen LogP contribution in [0.4, 0.5) is 0 Å². The van der Waals surface area contributed by atoms with E-state index in [0.29, 0.717) is 5.41 Å². The van der Waals surface area contributed by atoms with E-state index in [0.717, 1.165) is 19.6 Å². The van der Waals surface area contributed by atoms with Crippen LogP contribution < -0.4 is 0 Å². The molecule has 13 heavy (non-hydrogen) atoms. The minimum atomic E-state index is -0.0510. The van der Waals surface area contributed by atoms with E-state index in [1.165, 1.54) is 6.42 Å². The van der Waals surface area contributed by atoms with E-state index in [1.54, 1.807) is 0 Å². The van der Waals surface area contributed by atoms with Crippen LogP contribution in [-0.2, 0) is 9.47 Å². The number of hydrogen-bond donors (Lipinski definition) is 0. The zero-order valence-electron chi connectivity index (χ0n) is 9.72. The molecule has 0 amide bonds. The molecule has 0 aromatic heterocycles. The van der Waals surface area contributed by atoms with E-state index in [-0.39, 0.29) is 6.29 Å². The molecule has 0 rings (SSSR count). The van der Waals surface area contributed by atoms with Gasteiger partial charge in [0.2, 0.25) is 0 Å². The summed E-state index contributed by atoms with van der Waals surface area (Å²) < 4.78 is 10.7. The van der Waals surface area contributed by atoms with Gasteiger partial charge in [0.25, 0.3) is 0 Å². The van der Waals surface area contributed by atoms with Gasteiger partial charge in [-0.1, -0.05) is 20.8 Å². The van der Waals surface area contributed by atoms with Crippen LogP contribution in [-0.4, -0.2) is 19.5 Å². The highest BCUT2D eigenvalue weighted by Gasteiger charge is 2.09. The summed E-state index contributed by atoms with van der Waals surface area (Å²) in [5, 5.41) is 0. The summed E-state index contributed by atoms with van der Waals surface area (Å²) in [6.07, 6.45) is 2.26. The normalized spacial score (nSPS) is 14.5. The lowest BCUT2D eigenvalue weighted by molar-refractivity contribution is -0.128. The molecule has 0 fully saturated rings. The number of ether oxygens (including phenoxy) is 2. The van der Waals surface area contributed by atoms with Crippen LogP contribution in [0.3, 0.4) is 0 Å². The van der Waals surface area contributed by atoms with Crippen molar-refractivity contribution in [2.45, 2.75) is 53.8 Å². The largest absolute Gasteiger partial charge is 0.353 e. The molecule has 2 nitrogen and oxygen atoms in total.